The summed E-state index contributed by atoms with van der Waals surface area (Å²) in [6, 6.07) is 0. The molecule has 2 rings (SSSR count). The molecule has 0 aromatic carbocycles. The molecule has 0 N–H and O–H groups in total. The first kappa shape index (κ1) is 12.0. The second-order valence-corrected chi connectivity index (χ2v) is 6.00. The molecular weight excluding hydrogens is 236 g/mol. The average Bonchev–Trinajstić information content (AvgIpc) is 2.80. The van der Waals surface area contributed by atoms with Crippen LogP contribution < -0.4 is 5.69 Å². The molecule has 0 aliphatic carbocycles. The van der Waals surface area contributed by atoms with E-state index in [1.54, 1.807) is 18.4 Å². The molecular formula is C11H16N4OS. The number of aryl methyl sites for hydroxylation is 1. The van der Waals surface area contributed by atoms with Crippen LogP contribution in [0.25, 0.3) is 0 Å². The molecule has 2 heterocycles. The van der Waals surface area contributed by atoms with Crippen molar-refractivity contribution in [2.45, 2.75) is 32.7 Å². The van der Waals surface area contributed by atoms with Crippen molar-refractivity contribution in [3.05, 3.63) is 32.9 Å². The van der Waals surface area contributed by atoms with Gasteiger partial charge < -0.3 is 0 Å². The van der Waals surface area contributed by atoms with Gasteiger partial charge in [-0.3, -0.25) is 4.57 Å². The van der Waals surface area contributed by atoms with Crippen LogP contribution in [0.15, 0.2) is 16.5 Å². The van der Waals surface area contributed by atoms with Gasteiger partial charge in [-0.05, 0) is 0 Å². The number of aromatic nitrogens is 4. The summed E-state index contributed by atoms with van der Waals surface area (Å²) >= 11 is 1.57. The van der Waals surface area contributed by atoms with Crippen molar-refractivity contribution < 1.29 is 0 Å². The van der Waals surface area contributed by atoms with E-state index in [0.29, 0.717) is 6.54 Å². The van der Waals surface area contributed by atoms with Crippen molar-refractivity contribution in [3.63, 3.8) is 0 Å². The normalized spacial score (nSPS) is 12.0. The Balaban J connectivity index is 2.23. The van der Waals surface area contributed by atoms with Crippen molar-refractivity contribution in [2.24, 2.45) is 7.05 Å². The van der Waals surface area contributed by atoms with Crippen LogP contribution in [0.5, 0.6) is 0 Å². The van der Waals surface area contributed by atoms with Gasteiger partial charge in [0.05, 0.1) is 12.2 Å². The van der Waals surface area contributed by atoms with Gasteiger partial charge in [0.15, 0.2) is 0 Å². The lowest BCUT2D eigenvalue weighted by molar-refractivity contribution is 0.566. The monoisotopic (exact) mass is 252 g/mol. The molecule has 2 aromatic rings. The van der Waals surface area contributed by atoms with E-state index in [-0.39, 0.29) is 11.1 Å². The molecule has 92 valence electrons. The molecule has 17 heavy (non-hydrogen) atoms. The molecule has 0 fully saturated rings. The highest BCUT2D eigenvalue weighted by Crippen LogP contribution is 2.23. The Bertz CT molecular complexity index is 573. The van der Waals surface area contributed by atoms with Gasteiger partial charge in [-0.1, -0.05) is 20.8 Å². The van der Waals surface area contributed by atoms with Crippen LogP contribution in [0.4, 0.5) is 0 Å². The Hall–Kier alpha value is -1.43. The number of rotatable bonds is 2. The molecule has 5 nitrogen and oxygen atoms in total. The SMILES string of the molecule is Cn1cnn(Cc2nc(C(C)(C)C)cs2)c1=O. The second-order valence-electron chi connectivity index (χ2n) is 5.06. The summed E-state index contributed by atoms with van der Waals surface area (Å²) < 4.78 is 2.88. The van der Waals surface area contributed by atoms with Crippen LogP contribution in [0, 0.1) is 0 Å². The van der Waals surface area contributed by atoms with Gasteiger partial charge in [-0.2, -0.15) is 5.10 Å². The average molecular weight is 252 g/mol. The lowest BCUT2D eigenvalue weighted by Gasteiger charge is -2.14. The van der Waals surface area contributed by atoms with Crippen LogP contribution >= 0.6 is 11.3 Å². The zero-order valence-corrected chi connectivity index (χ0v) is 11.3. The Morgan fingerprint density at radius 3 is 2.59 bits per heavy atom. The largest absolute Gasteiger partial charge is 0.345 e. The summed E-state index contributed by atoms with van der Waals surface area (Å²) in [6.07, 6.45) is 1.51. The van der Waals surface area contributed by atoms with Gasteiger partial charge in [0.1, 0.15) is 11.3 Å². The van der Waals surface area contributed by atoms with E-state index in [9.17, 15) is 4.79 Å². The van der Waals surface area contributed by atoms with E-state index < -0.39 is 0 Å². The van der Waals surface area contributed by atoms with Crippen molar-refractivity contribution in [2.75, 3.05) is 0 Å². The van der Waals surface area contributed by atoms with E-state index in [1.807, 2.05) is 5.38 Å². The molecule has 0 saturated heterocycles. The van der Waals surface area contributed by atoms with Crippen LogP contribution in [-0.4, -0.2) is 19.3 Å². The Kier molecular flexibility index (Phi) is 2.91. The van der Waals surface area contributed by atoms with Crippen molar-refractivity contribution >= 4 is 11.3 Å². The Labute approximate surface area is 104 Å². The first-order valence-electron chi connectivity index (χ1n) is 5.41. The summed E-state index contributed by atoms with van der Waals surface area (Å²) in [5.41, 5.74) is 0.989. The maximum atomic E-state index is 11.6. The van der Waals surface area contributed by atoms with Crippen LogP contribution in [0.2, 0.25) is 0 Å². The first-order chi connectivity index (χ1) is 7.88. The third kappa shape index (κ3) is 2.46. The fourth-order valence-corrected chi connectivity index (χ4v) is 2.39. The fourth-order valence-electron chi connectivity index (χ4n) is 1.39. The fraction of sp³-hybridized carbons (Fsp3) is 0.545. The minimum Gasteiger partial charge on any atom is -0.285 e. The minimum absolute atomic E-state index is 0.0455. The predicted octanol–water partition coefficient (Wildman–Crippen LogP) is 1.38. The summed E-state index contributed by atoms with van der Waals surface area (Å²) in [7, 11) is 1.69. The molecule has 2 aromatic heterocycles. The number of nitrogens with zero attached hydrogens (tertiary/aromatic N) is 4. The molecule has 0 radical (unpaired) electrons. The highest BCUT2D eigenvalue weighted by Gasteiger charge is 2.17. The number of hydrogen-bond acceptors (Lipinski definition) is 4. The molecule has 0 bridgehead atoms. The molecule has 0 atom stereocenters. The number of hydrogen-bond donors (Lipinski definition) is 0. The highest BCUT2D eigenvalue weighted by atomic mass is 32.1. The molecule has 0 spiro atoms. The topological polar surface area (TPSA) is 52.7 Å². The van der Waals surface area contributed by atoms with Gasteiger partial charge in [0, 0.05) is 17.8 Å². The standard InChI is InChI=1S/C11H16N4OS/c1-11(2,3)8-6-17-9(13-8)5-15-10(16)14(4)7-12-15/h6-7H,5H2,1-4H3. The van der Waals surface area contributed by atoms with Crippen molar-refractivity contribution in [1.29, 1.82) is 0 Å². The second kappa shape index (κ2) is 4.10. The molecule has 0 saturated carbocycles. The quantitative estimate of drug-likeness (QED) is 0.811. The lowest BCUT2D eigenvalue weighted by Crippen LogP contribution is -2.23. The van der Waals surface area contributed by atoms with Crippen LogP contribution in [0.1, 0.15) is 31.5 Å². The maximum Gasteiger partial charge on any atom is 0.345 e. The minimum atomic E-state index is -0.113. The lowest BCUT2D eigenvalue weighted by atomic mass is 9.93. The van der Waals surface area contributed by atoms with E-state index >= 15 is 0 Å². The molecule has 0 aliphatic heterocycles. The Morgan fingerprint density at radius 2 is 2.12 bits per heavy atom. The van der Waals surface area contributed by atoms with E-state index in [4.69, 9.17) is 0 Å². The third-order valence-electron chi connectivity index (χ3n) is 2.49. The molecule has 0 aliphatic rings. The zero-order chi connectivity index (χ0) is 12.6. The molecule has 0 amide bonds. The summed E-state index contributed by atoms with van der Waals surface area (Å²) in [5, 5.41) is 6.97. The van der Waals surface area contributed by atoms with E-state index in [2.05, 4.69) is 30.9 Å². The van der Waals surface area contributed by atoms with Gasteiger partial charge in [0.2, 0.25) is 0 Å². The summed E-state index contributed by atoms with van der Waals surface area (Å²) in [6.45, 7) is 6.82. The molecule has 0 unspecified atom stereocenters. The highest BCUT2D eigenvalue weighted by molar-refractivity contribution is 7.09. The van der Waals surface area contributed by atoms with E-state index in [0.717, 1.165) is 10.7 Å². The molecule has 6 heteroatoms. The zero-order valence-electron chi connectivity index (χ0n) is 10.5. The van der Waals surface area contributed by atoms with Crippen molar-refractivity contribution in [1.82, 2.24) is 19.3 Å². The number of thiazole rings is 1. The van der Waals surface area contributed by atoms with Crippen LogP contribution in [-0.2, 0) is 19.0 Å². The van der Waals surface area contributed by atoms with E-state index in [1.165, 1.54) is 15.6 Å². The van der Waals surface area contributed by atoms with Gasteiger partial charge in [-0.15, -0.1) is 11.3 Å². The van der Waals surface area contributed by atoms with Crippen molar-refractivity contribution in [3.8, 4) is 0 Å². The predicted molar refractivity (Wildman–Crippen MR) is 67.4 cm³/mol. The Morgan fingerprint density at radius 1 is 1.41 bits per heavy atom. The van der Waals surface area contributed by atoms with Gasteiger partial charge in [-0.25, -0.2) is 14.5 Å². The maximum absolute atomic E-state index is 11.6. The third-order valence-corrected chi connectivity index (χ3v) is 3.33. The smallest absolute Gasteiger partial charge is 0.285 e. The first-order valence-corrected chi connectivity index (χ1v) is 6.29. The van der Waals surface area contributed by atoms with Gasteiger partial charge >= 0.3 is 5.69 Å². The van der Waals surface area contributed by atoms with Gasteiger partial charge in [0.25, 0.3) is 0 Å². The summed E-state index contributed by atoms with van der Waals surface area (Å²) in [4.78, 5) is 16.2. The van der Waals surface area contributed by atoms with Crippen LogP contribution in [0.3, 0.4) is 0 Å². The summed E-state index contributed by atoms with van der Waals surface area (Å²) in [5.74, 6) is 0.